The van der Waals surface area contributed by atoms with Crippen molar-refractivity contribution in [1.29, 1.82) is 0 Å². The predicted octanol–water partition coefficient (Wildman–Crippen LogP) is 2.49. The minimum Gasteiger partial charge on any atom is -0.381 e. The average Bonchev–Trinajstić information content (AvgIpc) is 2.46. The van der Waals surface area contributed by atoms with Gasteiger partial charge in [-0.3, -0.25) is 4.90 Å². The summed E-state index contributed by atoms with van der Waals surface area (Å²) in [5.74, 6) is 0. The molecule has 1 aliphatic heterocycles. The third kappa shape index (κ3) is 3.16. The summed E-state index contributed by atoms with van der Waals surface area (Å²) >= 11 is 0. The monoisotopic (exact) mass is 262 g/mol. The van der Waals surface area contributed by atoms with Crippen LogP contribution in [0.2, 0.25) is 0 Å². The Labute approximate surface area is 116 Å². The third-order valence-electron chi connectivity index (χ3n) is 4.45. The van der Waals surface area contributed by atoms with Crippen LogP contribution in [-0.4, -0.2) is 37.2 Å². The Bertz CT molecular complexity index is 407. The lowest BCUT2D eigenvalue weighted by Crippen LogP contribution is -2.49. The molecular formula is C16H26N2O. The van der Waals surface area contributed by atoms with Crippen molar-refractivity contribution in [2.45, 2.75) is 44.9 Å². The van der Waals surface area contributed by atoms with Gasteiger partial charge in [-0.05, 0) is 37.8 Å². The first-order chi connectivity index (χ1) is 9.17. The Morgan fingerprint density at radius 1 is 1.42 bits per heavy atom. The van der Waals surface area contributed by atoms with E-state index in [0.717, 1.165) is 19.4 Å². The number of rotatable bonds is 4. The molecule has 1 aromatic rings. The van der Waals surface area contributed by atoms with Gasteiger partial charge in [-0.1, -0.05) is 24.3 Å². The van der Waals surface area contributed by atoms with Crippen LogP contribution in [0.3, 0.4) is 0 Å². The highest BCUT2D eigenvalue weighted by molar-refractivity contribution is 5.28. The highest BCUT2D eigenvalue weighted by Gasteiger charge is 2.31. The molecule has 0 aliphatic carbocycles. The maximum Gasteiger partial charge on any atom is 0.0599 e. The van der Waals surface area contributed by atoms with Crippen LogP contribution < -0.4 is 5.73 Å². The van der Waals surface area contributed by atoms with Gasteiger partial charge in [0.2, 0.25) is 0 Å². The minimum atomic E-state index is 0.369. The second-order valence-electron chi connectivity index (χ2n) is 5.54. The number of benzene rings is 1. The van der Waals surface area contributed by atoms with Gasteiger partial charge in [0, 0.05) is 32.3 Å². The van der Waals surface area contributed by atoms with Crippen LogP contribution in [-0.2, 0) is 4.74 Å². The van der Waals surface area contributed by atoms with E-state index in [1.807, 2.05) is 0 Å². The maximum atomic E-state index is 5.97. The SMILES string of the molecule is COC1CCN(C(C)c2ccccc2C)C(CN)C1. The zero-order valence-electron chi connectivity index (χ0n) is 12.3. The Hall–Kier alpha value is -0.900. The molecule has 0 spiro atoms. The van der Waals surface area contributed by atoms with Gasteiger partial charge < -0.3 is 10.5 Å². The van der Waals surface area contributed by atoms with E-state index in [-0.39, 0.29) is 0 Å². The smallest absolute Gasteiger partial charge is 0.0599 e. The van der Waals surface area contributed by atoms with E-state index < -0.39 is 0 Å². The Morgan fingerprint density at radius 3 is 2.79 bits per heavy atom. The molecule has 1 aromatic carbocycles. The molecule has 3 nitrogen and oxygen atoms in total. The zero-order valence-corrected chi connectivity index (χ0v) is 12.3. The molecular weight excluding hydrogens is 236 g/mol. The lowest BCUT2D eigenvalue weighted by Gasteiger charge is -2.42. The summed E-state index contributed by atoms with van der Waals surface area (Å²) in [5.41, 5.74) is 8.74. The topological polar surface area (TPSA) is 38.5 Å². The van der Waals surface area contributed by atoms with Crippen molar-refractivity contribution in [1.82, 2.24) is 4.90 Å². The fourth-order valence-corrected chi connectivity index (χ4v) is 3.22. The van der Waals surface area contributed by atoms with Gasteiger partial charge in [-0.2, -0.15) is 0 Å². The molecule has 0 amide bonds. The van der Waals surface area contributed by atoms with E-state index in [0.29, 0.717) is 24.7 Å². The Kier molecular flexibility index (Phi) is 4.97. The number of nitrogens with two attached hydrogens (primary N) is 1. The summed E-state index contributed by atoms with van der Waals surface area (Å²) in [5, 5.41) is 0. The van der Waals surface area contributed by atoms with E-state index in [9.17, 15) is 0 Å². The molecule has 0 bridgehead atoms. The standard InChI is InChI=1S/C16H26N2O/c1-12-6-4-5-7-16(12)13(2)18-9-8-15(19-3)10-14(18)11-17/h4-7,13-15H,8-11,17H2,1-3H3. The number of piperidine rings is 1. The Morgan fingerprint density at radius 2 is 2.16 bits per heavy atom. The lowest BCUT2D eigenvalue weighted by atomic mass is 9.93. The second kappa shape index (κ2) is 6.51. The predicted molar refractivity (Wildman–Crippen MR) is 79.2 cm³/mol. The van der Waals surface area contributed by atoms with Gasteiger partial charge in [0.1, 0.15) is 0 Å². The van der Waals surface area contributed by atoms with Gasteiger partial charge in [0.15, 0.2) is 0 Å². The van der Waals surface area contributed by atoms with Crippen LogP contribution in [0, 0.1) is 6.92 Å². The first-order valence-corrected chi connectivity index (χ1v) is 7.21. The summed E-state index contributed by atoms with van der Waals surface area (Å²) in [6.45, 7) is 6.25. The van der Waals surface area contributed by atoms with E-state index >= 15 is 0 Å². The molecule has 0 radical (unpaired) electrons. The van der Waals surface area contributed by atoms with Gasteiger partial charge in [0.05, 0.1) is 6.10 Å². The molecule has 1 heterocycles. The van der Waals surface area contributed by atoms with Crippen molar-refractivity contribution in [2.24, 2.45) is 5.73 Å². The van der Waals surface area contributed by atoms with E-state index in [1.165, 1.54) is 11.1 Å². The first-order valence-electron chi connectivity index (χ1n) is 7.21. The first kappa shape index (κ1) is 14.5. The zero-order chi connectivity index (χ0) is 13.8. The number of nitrogens with zero attached hydrogens (tertiary/aromatic N) is 1. The third-order valence-corrected chi connectivity index (χ3v) is 4.45. The fourth-order valence-electron chi connectivity index (χ4n) is 3.22. The fraction of sp³-hybridized carbons (Fsp3) is 0.625. The molecule has 1 saturated heterocycles. The molecule has 3 atom stereocenters. The van der Waals surface area contributed by atoms with Crippen LogP contribution in [0.15, 0.2) is 24.3 Å². The number of aryl methyl sites for hydroxylation is 1. The summed E-state index contributed by atoms with van der Waals surface area (Å²) in [6, 6.07) is 9.49. The van der Waals surface area contributed by atoms with Crippen LogP contribution in [0.1, 0.15) is 36.9 Å². The van der Waals surface area contributed by atoms with Crippen LogP contribution in [0.5, 0.6) is 0 Å². The molecule has 1 aliphatic rings. The van der Waals surface area contributed by atoms with Gasteiger partial charge >= 0.3 is 0 Å². The number of hydrogen-bond donors (Lipinski definition) is 1. The molecule has 3 heteroatoms. The summed E-state index contributed by atoms with van der Waals surface area (Å²) < 4.78 is 5.50. The minimum absolute atomic E-state index is 0.369. The van der Waals surface area contributed by atoms with Crippen LogP contribution >= 0.6 is 0 Å². The van der Waals surface area contributed by atoms with Crippen molar-refractivity contribution in [3.8, 4) is 0 Å². The summed E-state index contributed by atoms with van der Waals surface area (Å²) in [6.07, 6.45) is 2.51. The number of ether oxygens (including phenoxy) is 1. The highest BCUT2D eigenvalue weighted by Crippen LogP contribution is 2.30. The quantitative estimate of drug-likeness (QED) is 0.906. The molecule has 0 aromatic heterocycles. The molecule has 1 fully saturated rings. The number of hydrogen-bond acceptors (Lipinski definition) is 3. The van der Waals surface area contributed by atoms with Crippen molar-refractivity contribution < 1.29 is 4.74 Å². The average molecular weight is 262 g/mol. The molecule has 2 N–H and O–H groups in total. The summed E-state index contributed by atoms with van der Waals surface area (Å²) in [4.78, 5) is 2.54. The van der Waals surface area contributed by atoms with Gasteiger partial charge in [0.25, 0.3) is 0 Å². The summed E-state index contributed by atoms with van der Waals surface area (Å²) in [7, 11) is 1.80. The number of methoxy groups -OCH3 is 1. The van der Waals surface area contributed by atoms with Gasteiger partial charge in [-0.15, -0.1) is 0 Å². The van der Waals surface area contributed by atoms with Crippen molar-refractivity contribution in [3.63, 3.8) is 0 Å². The maximum absolute atomic E-state index is 5.97. The van der Waals surface area contributed by atoms with Gasteiger partial charge in [-0.25, -0.2) is 0 Å². The number of likely N-dealkylation sites (tertiary alicyclic amines) is 1. The van der Waals surface area contributed by atoms with E-state index in [1.54, 1.807) is 7.11 Å². The Balaban J connectivity index is 2.14. The second-order valence-corrected chi connectivity index (χ2v) is 5.54. The molecule has 3 unspecified atom stereocenters. The molecule has 19 heavy (non-hydrogen) atoms. The molecule has 0 saturated carbocycles. The van der Waals surface area contributed by atoms with Crippen molar-refractivity contribution in [2.75, 3.05) is 20.2 Å². The molecule has 106 valence electrons. The van der Waals surface area contributed by atoms with Crippen molar-refractivity contribution in [3.05, 3.63) is 35.4 Å². The highest BCUT2D eigenvalue weighted by atomic mass is 16.5. The van der Waals surface area contributed by atoms with E-state index in [2.05, 4.69) is 43.0 Å². The van der Waals surface area contributed by atoms with Crippen LogP contribution in [0.25, 0.3) is 0 Å². The van der Waals surface area contributed by atoms with E-state index in [4.69, 9.17) is 10.5 Å². The largest absolute Gasteiger partial charge is 0.381 e. The normalized spacial score (nSPS) is 26.3. The van der Waals surface area contributed by atoms with Crippen molar-refractivity contribution >= 4 is 0 Å². The molecule has 2 rings (SSSR count). The van der Waals surface area contributed by atoms with Crippen LogP contribution in [0.4, 0.5) is 0 Å². The lowest BCUT2D eigenvalue weighted by molar-refractivity contribution is -0.00172.